The molecule has 1 aliphatic carbocycles. The second kappa shape index (κ2) is 10.8. The lowest BCUT2D eigenvalue weighted by molar-refractivity contribution is -0.132. The molecule has 2 aliphatic rings. The molecule has 1 N–H and O–H groups in total. The summed E-state index contributed by atoms with van der Waals surface area (Å²) >= 11 is 0. The molecule has 36 heavy (non-hydrogen) atoms. The summed E-state index contributed by atoms with van der Waals surface area (Å²) in [4.78, 5) is 33.2. The summed E-state index contributed by atoms with van der Waals surface area (Å²) in [5.74, 6) is 0.817. The van der Waals surface area contributed by atoms with E-state index in [0.717, 1.165) is 55.0 Å². The van der Waals surface area contributed by atoms with Gasteiger partial charge < -0.3 is 10.2 Å². The Morgan fingerprint density at radius 3 is 2.67 bits per heavy atom. The number of aromatic nitrogens is 2. The fraction of sp³-hybridized carbons (Fsp3) is 0.300. The van der Waals surface area contributed by atoms with Gasteiger partial charge in [-0.25, -0.2) is 4.98 Å². The highest BCUT2D eigenvalue weighted by Crippen LogP contribution is 2.28. The van der Waals surface area contributed by atoms with Gasteiger partial charge in [-0.15, -0.1) is 0 Å². The smallest absolute Gasteiger partial charge is 0.222 e. The van der Waals surface area contributed by atoms with Crippen molar-refractivity contribution >= 4 is 34.1 Å². The van der Waals surface area contributed by atoms with Crippen molar-refractivity contribution in [3.05, 3.63) is 94.3 Å². The van der Waals surface area contributed by atoms with Gasteiger partial charge in [-0.2, -0.15) is 0 Å². The molecule has 0 unspecified atom stereocenters. The predicted octanol–water partition coefficient (Wildman–Crippen LogP) is 5.75. The first-order valence-corrected chi connectivity index (χ1v) is 12.8. The molecule has 1 saturated heterocycles. The van der Waals surface area contributed by atoms with E-state index in [4.69, 9.17) is 4.98 Å². The van der Waals surface area contributed by atoms with E-state index < -0.39 is 0 Å². The number of piperidine rings is 1. The van der Waals surface area contributed by atoms with Crippen LogP contribution in [0, 0.1) is 6.92 Å². The van der Waals surface area contributed by atoms with E-state index in [-0.39, 0.29) is 11.3 Å². The van der Waals surface area contributed by atoms with Crippen molar-refractivity contribution in [1.29, 1.82) is 0 Å². The van der Waals surface area contributed by atoms with Gasteiger partial charge in [0, 0.05) is 42.7 Å². The summed E-state index contributed by atoms with van der Waals surface area (Å²) in [5, 5.41) is 4.00. The highest BCUT2D eigenvalue weighted by Gasteiger charge is 2.20. The Morgan fingerprint density at radius 1 is 1.06 bits per heavy atom. The maximum atomic E-state index is 13.5. The molecule has 0 bridgehead atoms. The van der Waals surface area contributed by atoms with Crippen LogP contribution in [-0.2, 0) is 11.2 Å². The standard InChI is InChI=1S/C30H32N4O2/c1-22-20-23(16-17-28(36)33-18-10-5-11-19-33)29-26(35)21-27(32-24-12-6-4-7-13-24)34(30(29)31-22)25-14-8-2-3-9-15-25/h2,4,6-9,12-15,20-21,32H,3,5,10-11,16-19H2,1H3. The highest BCUT2D eigenvalue weighted by molar-refractivity contribution is 5.88. The summed E-state index contributed by atoms with van der Waals surface area (Å²) in [6.07, 6.45) is 15.4. The molecular formula is C30H32N4O2. The number of benzene rings is 1. The molecular weight excluding hydrogens is 448 g/mol. The minimum Gasteiger partial charge on any atom is -0.343 e. The lowest BCUT2D eigenvalue weighted by Crippen LogP contribution is -2.35. The summed E-state index contributed by atoms with van der Waals surface area (Å²) in [6, 6.07) is 13.4. The second-order valence-electron chi connectivity index (χ2n) is 9.44. The molecule has 5 rings (SSSR count). The van der Waals surface area contributed by atoms with E-state index in [2.05, 4.69) is 23.5 Å². The average Bonchev–Trinajstić information content (AvgIpc) is 3.17. The molecule has 1 amide bonds. The summed E-state index contributed by atoms with van der Waals surface area (Å²) in [7, 11) is 0. The Hall–Kier alpha value is -3.93. The van der Waals surface area contributed by atoms with Gasteiger partial charge in [0.05, 0.1) is 5.39 Å². The number of amides is 1. The molecule has 1 aliphatic heterocycles. The molecule has 0 spiro atoms. The number of rotatable bonds is 6. The van der Waals surface area contributed by atoms with E-state index in [1.807, 2.05) is 64.9 Å². The Kier molecular flexibility index (Phi) is 7.12. The van der Waals surface area contributed by atoms with E-state index in [9.17, 15) is 9.59 Å². The molecule has 3 heterocycles. The van der Waals surface area contributed by atoms with Crippen LogP contribution in [-0.4, -0.2) is 33.4 Å². The maximum Gasteiger partial charge on any atom is 0.222 e. The third kappa shape index (κ3) is 5.18. The van der Waals surface area contributed by atoms with Crippen molar-refractivity contribution in [2.24, 2.45) is 0 Å². The number of likely N-dealkylation sites (tertiary alicyclic amines) is 1. The first kappa shape index (κ1) is 23.8. The van der Waals surface area contributed by atoms with Gasteiger partial charge in [0.1, 0.15) is 5.82 Å². The van der Waals surface area contributed by atoms with E-state index in [1.54, 1.807) is 6.07 Å². The summed E-state index contributed by atoms with van der Waals surface area (Å²) in [6.45, 7) is 3.62. The van der Waals surface area contributed by atoms with Gasteiger partial charge in [-0.1, -0.05) is 36.4 Å². The fourth-order valence-electron chi connectivity index (χ4n) is 5.01. The summed E-state index contributed by atoms with van der Waals surface area (Å²) < 4.78 is 2.01. The number of hydrogen-bond donors (Lipinski definition) is 1. The van der Waals surface area contributed by atoms with E-state index in [0.29, 0.717) is 29.7 Å². The van der Waals surface area contributed by atoms with Gasteiger partial charge in [0.2, 0.25) is 5.91 Å². The van der Waals surface area contributed by atoms with Gasteiger partial charge >= 0.3 is 0 Å². The Balaban J connectivity index is 1.61. The number of aryl methyl sites for hydroxylation is 2. The largest absolute Gasteiger partial charge is 0.343 e. The number of nitrogens with zero attached hydrogens (tertiary/aromatic N) is 3. The van der Waals surface area contributed by atoms with Crippen LogP contribution < -0.4 is 10.7 Å². The molecule has 184 valence electrons. The SMILES string of the molecule is Cc1cc(CCC(=O)N2CCCCC2)c2c(=O)cc(Nc3ccccc3)n(C3=CC=CCC=C3)c2n1. The Labute approximate surface area is 211 Å². The number of pyridine rings is 2. The lowest BCUT2D eigenvalue weighted by atomic mass is 10.0. The predicted molar refractivity (Wildman–Crippen MR) is 146 cm³/mol. The van der Waals surface area contributed by atoms with Crippen LogP contribution in [0.25, 0.3) is 16.7 Å². The van der Waals surface area contributed by atoms with Crippen molar-refractivity contribution in [3.8, 4) is 0 Å². The van der Waals surface area contributed by atoms with Crippen LogP contribution in [0.15, 0.2) is 77.6 Å². The van der Waals surface area contributed by atoms with Crippen LogP contribution in [0.3, 0.4) is 0 Å². The van der Waals surface area contributed by atoms with Gasteiger partial charge in [-0.3, -0.25) is 14.2 Å². The number of anilines is 2. The zero-order valence-electron chi connectivity index (χ0n) is 20.7. The van der Waals surface area contributed by atoms with Crippen LogP contribution in [0.1, 0.15) is 43.4 Å². The number of carbonyl (C=O) groups excluding carboxylic acids is 1. The van der Waals surface area contributed by atoms with E-state index >= 15 is 0 Å². The van der Waals surface area contributed by atoms with Gasteiger partial charge in [0.15, 0.2) is 11.1 Å². The number of fused-ring (bicyclic) bond motifs is 1. The molecule has 6 heteroatoms. The molecule has 0 saturated carbocycles. The minimum absolute atomic E-state index is 0.0960. The quantitative estimate of drug-likeness (QED) is 0.488. The molecule has 0 atom stereocenters. The van der Waals surface area contributed by atoms with Crippen molar-refractivity contribution in [3.63, 3.8) is 0 Å². The number of carbonyl (C=O) groups is 1. The van der Waals surface area contributed by atoms with Crippen LogP contribution >= 0.6 is 0 Å². The molecule has 3 aromatic rings. The zero-order valence-corrected chi connectivity index (χ0v) is 20.7. The normalized spacial score (nSPS) is 15.6. The highest BCUT2D eigenvalue weighted by atomic mass is 16.2. The van der Waals surface area contributed by atoms with Crippen LogP contribution in [0.4, 0.5) is 11.5 Å². The maximum absolute atomic E-state index is 13.5. The van der Waals surface area contributed by atoms with Crippen molar-refractivity contribution in [2.45, 2.75) is 45.4 Å². The lowest BCUT2D eigenvalue weighted by Gasteiger charge is -2.26. The monoisotopic (exact) mass is 480 g/mol. The molecule has 1 fully saturated rings. The number of hydrogen-bond acceptors (Lipinski definition) is 4. The fourth-order valence-corrected chi connectivity index (χ4v) is 5.01. The Morgan fingerprint density at radius 2 is 1.86 bits per heavy atom. The first-order chi connectivity index (χ1) is 17.6. The molecule has 0 radical (unpaired) electrons. The Bertz CT molecular complexity index is 1410. The third-order valence-electron chi connectivity index (χ3n) is 6.76. The van der Waals surface area contributed by atoms with Crippen molar-refractivity contribution in [1.82, 2.24) is 14.5 Å². The average molecular weight is 481 g/mol. The number of nitrogens with one attached hydrogen (secondary N) is 1. The minimum atomic E-state index is -0.0960. The van der Waals surface area contributed by atoms with E-state index in [1.165, 1.54) is 6.42 Å². The molecule has 1 aromatic carbocycles. The topological polar surface area (TPSA) is 67.2 Å². The molecule has 6 nitrogen and oxygen atoms in total. The first-order valence-electron chi connectivity index (χ1n) is 12.8. The van der Waals surface area contributed by atoms with Crippen LogP contribution in [0.5, 0.6) is 0 Å². The van der Waals surface area contributed by atoms with Crippen LogP contribution in [0.2, 0.25) is 0 Å². The van der Waals surface area contributed by atoms with Gasteiger partial charge in [0.25, 0.3) is 0 Å². The second-order valence-corrected chi connectivity index (χ2v) is 9.44. The number of allylic oxidation sites excluding steroid dienone is 6. The number of para-hydroxylation sites is 1. The van der Waals surface area contributed by atoms with Crippen molar-refractivity contribution < 1.29 is 4.79 Å². The molecule has 2 aromatic heterocycles. The van der Waals surface area contributed by atoms with Gasteiger partial charge in [-0.05, 0) is 74.9 Å². The van der Waals surface area contributed by atoms with Crippen molar-refractivity contribution in [2.75, 3.05) is 18.4 Å². The summed E-state index contributed by atoms with van der Waals surface area (Å²) in [5.41, 5.74) is 4.01. The third-order valence-corrected chi connectivity index (χ3v) is 6.76. The zero-order chi connectivity index (χ0) is 24.9.